The van der Waals surface area contributed by atoms with Gasteiger partial charge < -0.3 is 0 Å². The Morgan fingerprint density at radius 1 is 1.31 bits per heavy atom. The summed E-state index contributed by atoms with van der Waals surface area (Å²) < 4.78 is 0. The molecule has 0 radical (unpaired) electrons. The minimum atomic E-state index is 0.782. The SMILES string of the molecule is CC(C)C1=C2CCC=CC2CCC1. The maximum atomic E-state index is 2.44. The van der Waals surface area contributed by atoms with Gasteiger partial charge in [0.05, 0.1) is 0 Å². The summed E-state index contributed by atoms with van der Waals surface area (Å²) in [6.07, 6.45) is 11.6. The Morgan fingerprint density at radius 3 is 2.92 bits per heavy atom. The molecule has 0 N–H and O–H groups in total. The van der Waals surface area contributed by atoms with Crippen LogP contribution < -0.4 is 0 Å². The van der Waals surface area contributed by atoms with Crippen LogP contribution in [0.3, 0.4) is 0 Å². The van der Waals surface area contributed by atoms with Crippen LogP contribution in [0.1, 0.15) is 46.0 Å². The van der Waals surface area contributed by atoms with E-state index in [-0.39, 0.29) is 0 Å². The van der Waals surface area contributed by atoms with Crippen molar-refractivity contribution < 1.29 is 0 Å². The maximum absolute atomic E-state index is 2.44. The Kier molecular flexibility index (Phi) is 2.57. The lowest BCUT2D eigenvalue weighted by Crippen LogP contribution is -2.15. The van der Waals surface area contributed by atoms with Crippen LogP contribution in [0.4, 0.5) is 0 Å². The second-order valence-electron chi connectivity index (χ2n) is 4.67. The molecule has 0 aromatic carbocycles. The zero-order valence-corrected chi connectivity index (χ0v) is 8.84. The molecule has 0 heteroatoms. The van der Waals surface area contributed by atoms with Crippen molar-refractivity contribution in [2.24, 2.45) is 11.8 Å². The van der Waals surface area contributed by atoms with E-state index in [1.807, 2.05) is 0 Å². The Bertz CT molecular complexity index is 243. The Labute approximate surface area is 81.7 Å². The van der Waals surface area contributed by atoms with E-state index < -0.39 is 0 Å². The van der Waals surface area contributed by atoms with Crippen LogP contribution in [0.2, 0.25) is 0 Å². The summed E-state index contributed by atoms with van der Waals surface area (Å²) in [5, 5.41) is 0. The third-order valence-electron chi connectivity index (χ3n) is 3.47. The van der Waals surface area contributed by atoms with Gasteiger partial charge in [0.1, 0.15) is 0 Å². The summed E-state index contributed by atoms with van der Waals surface area (Å²) in [6.45, 7) is 4.70. The van der Waals surface area contributed by atoms with Gasteiger partial charge in [-0.1, -0.05) is 37.1 Å². The molecule has 2 aliphatic rings. The quantitative estimate of drug-likeness (QED) is 0.528. The molecule has 2 rings (SSSR count). The Hall–Kier alpha value is -0.520. The van der Waals surface area contributed by atoms with Crippen molar-refractivity contribution >= 4 is 0 Å². The van der Waals surface area contributed by atoms with Crippen LogP contribution in [-0.4, -0.2) is 0 Å². The molecule has 0 saturated carbocycles. The fourth-order valence-corrected chi connectivity index (χ4v) is 2.80. The molecule has 0 amide bonds. The van der Waals surface area contributed by atoms with Gasteiger partial charge in [-0.3, -0.25) is 0 Å². The zero-order chi connectivity index (χ0) is 9.26. The third kappa shape index (κ3) is 1.72. The number of rotatable bonds is 1. The molecule has 2 aliphatic carbocycles. The molecule has 0 aromatic heterocycles. The average Bonchev–Trinajstić information content (AvgIpc) is 2.17. The minimum Gasteiger partial charge on any atom is -0.0876 e. The molecular formula is C13H20. The highest BCUT2D eigenvalue weighted by molar-refractivity contribution is 5.27. The van der Waals surface area contributed by atoms with Crippen LogP contribution in [0.5, 0.6) is 0 Å². The van der Waals surface area contributed by atoms with Gasteiger partial charge in [-0.15, -0.1) is 0 Å². The third-order valence-corrected chi connectivity index (χ3v) is 3.47. The molecule has 13 heavy (non-hydrogen) atoms. The monoisotopic (exact) mass is 176 g/mol. The summed E-state index contributed by atoms with van der Waals surface area (Å²) in [6, 6.07) is 0. The van der Waals surface area contributed by atoms with Crippen LogP contribution in [0.15, 0.2) is 23.3 Å². The smallest absolute Gasteiger partial charge is 0.00203 e. The van der Waals surface area contributed by atoms with Crippen LogP contribution in [-0.2, 0) is 0 Å². The average molecular weight is 176 g/mol. The van der Waals surface area contributed by atoms with Gasteiger partial charge >= 0.3 is 0 Å². The Morgan fingerprint density at radius 2 is 2.15 bits per heavy atom. The molecular weight excluding hydrogens is 156 g/mol. The second-order valence-corrected chi connectivity index (χ2v) is 4.67. The molecule has 0 fully saturated rings. The summed E-state index contributed by atoms with van der Waals surface area (Å²) in [5.41, 5.74) is 3.57. The first-order valence-electron chi connectivity index (χ1n) is 5.67. The molecule has 1 atom stereocenters. The first-order chi connectivity index (χ1) is 6.29. The highest BCUT2D eigenvalue weighted by Crippen LogP contribution is 2.39. The number of hydrogen-bond donors (Lipinski definition) is 0. The van der Waals surface area contributed by atoms with E-state index >= 15 is 0 Å². The highest BCUT2D eigenvalue weighted by atomic mass is 14.3. The molecule has 0 spiro atoms. The van der Waals surface area contributed by atoms with E-state index in [1.54, 1.807) is 11.1 Å². The molecule has 0 heterocycles. The van der Waals surface area contributed by atoms with Gasteiger partial charge in [0, 0.05) is 0 Å². The van der Waals surface area contributed by atoms with Crippen molar-refractivity contribution in [1.29, 1.82) is 0 Å². The highest BCUT2D eigenvalue weighted by Gasteiger charge is 2.23. The molecule has 72 valence electrons. The van der Waals surface area contributed by atoms with E-state index in [1.165, 1.54) is 32.1 Å². The summed E-state index contributed by atoms with van der Waals surface area (Å²) in [7, 11) is 0. The van der Waals surface area contributed by atoms with Gasteiger partial charge in [0.25, 0.3) is 0 Å². The van der Waals surface area contributed by atoms with Crippen molar-refractivity contribution in [3.63, 3.8) is 0 Å². The molecule has 0 saturated heterocycles. The lowest BCUT2D eigenvalue weighted by atomic mass is 9.75. The molecule has 0 aliphatic heterocycles. The first kappa shape index (κ1) is 9.05. The predicted octanol–water partition coefficient (Wildman–Crippen LogP) is 4.09. The van der Waals surface area contributed by atoms with E-state index in [0.29, 0.717) is 0 Å². The fraction of sp³-hybridized carbons (Fsp3) is 0.692. The largest absolute Gasteiger partial charge is 0.0876 e. The molecule has 1 unspecified atom stereocenters. The van der Waals surface area contributed by atoms with Crippen molar-refractivity contribution in [3.8, 4) is 0 Å². The summed E-state index contributed by atoms with van der Waals surface area (Å²) in [5.74, 6) is 1.60. The van der Waals surface area contributed by atoms with Gasteiger partial charge in [-0.25, -0.2) is 0 Å². The van der Waals surface area contributed by atoms with Crippen molar-refractivity contribution in [3.05, 3.63) is 23.3 Å². The van der Waals surface area contributed by atoms with Gasteiger partial charge in [-0.2, -0.15) is 0 Å². The number of allylic oxidation sites excluding steroid dienone is 4. The zero-order valence-electron chi connectivity index (χ0n) is 8.84. The van der Waals surface area contributed by atoms with E-state index in [4.69, 9.17) is 0 Å². The van der Waals surface area contributed by atoms with Crippen molar-refractivity contribution in [2.45, 2.75) is 46.0 Å². The molecule has 0 nitrogen and oxygen atoms in total. The number of fused-ring (bicyclic) bond motifs is 1. The molecule has 0 bridgehead atoms. The van der Waals surface area contributed by atoms with Crippen LogP contribution in [0, 0.1) is 11.8 Å². The summed E-state index contributed by atoms with van der Waals surface area (Å²) >= 11 is 0. The normalized spacial score (nSPS) is 28.1. The van der Waals surface area contributed by atoms with Gasteiger partial charge in [0.15, 0.2) is 0 Å². The van der Waals surface area contributed by atoms with Gasteiger partial charge in [0.2, 0.25) is 0 Å². The van der Waals surface area contributed by atoms with Crippen LogP contribution >= 0.6 is 0 Å². The van der Waals surface area contributed by atoms with Crippen LogP contribution in [0.25, 0.3) is 0 Å². The predicted molar refractivity (Wildman–Crippen MR) is 57.6 cm³/mol. The molecule has 0 aromatic rings. The van der Waals surface area contributed by atoms with E-state index in [9.17, 15) is 0 Å². The topological polar surface area (TPSA) is 0 Å². The standard InChI is InChI=1S/C13H20/c1-10(2)12-9-5-7-11-6-3-4-8-13(11)12/h3,6,10-11H,4-5,7-9H2,1-2H3. The van der Waals surface area contributed by atoms with Gasteiger partial charge in [-0.05, 0) is 43.9 Å². The minimum absolute atomic E-state index is 0.782. The summed E-state index contributed by atoms with van der Waals surface area (Å²) in [4.78, 5) is 0. The second kappa shape index (κ2) is 3.69. The van der Waals surface area contributed by atoms with Crippen molar-refractivity contribution in [2.75, 3.05) is 0 Å². The van der Waals surface area contributed by atoms with Crippen molar-refractivity contribution in [1.82, 2.24) is 0 Å². The lowest BCUT2D eigenvalue weighted by molar-refractivity contribution is 0.508. The number of hydrogen-bond acceptors (Lipinski definition) is 0. The fourth-order valence-electron chi connectivity index (χ4n) is 2.80. The van der Waals surface area contributed by atoms with E-state index in [2.05, 4.69) is 26.0 Å². The maximum Gasteiger partial charge on any atom is -0.00203 e. The Balaban J connectivity index is 2.30. The first-order valence-corrected chi connectivity index (χ1v) is 5.67. The lowest BCUT2D eigenvalue weighted by Gasteiger charge is -2.31. The van der Waals surface area contributed by atoms with E-state index in [0.717, 1.165) is 11.8 Å².